The van der Waals surface area contributed by atoms with Crippen LogP contribution in [0.2, 0.25) is 0 Å². The van der Waals surface area contributed by atoms with Crippen molar-refractivity contribution >= 4 is 23.2 Å². The zero-order valence-corrected chi connectivity index (χ0v) is 17.3. The van der Waals surface area contributed by atoms with Crippen LogP contribution < -0.4 is 5.32 Å². The standard InChI is InChI=1S/C17H26N2O2S.C2HF3O2/c1-13(2)18-16(20)15-10-19(9-14-3-8-22-11-14)12-17(15)4-6-21-7-5-17;3-2(4,5)1(6)7/h3,8,11,13,15H,4-7,9-10,12H2,1-2H3,(H,18,20);(H,6,7). The first kappa shape index (κ1) is 23.6. The Hall–Kier alpha value is -1.65. The van der Waals surface area contributed by atoms with Crippen LogP contribution in [-0.4, -0.2) is 60.4 Å². The summed E-state index contributed by atoms with van der Waals surface area (Å²) in [5, 5.41) is 14.6. The molecule has 2 fully saturated rings. The molecule has 3 rings (SSSR count). The van der Waals surface area contributed by atoms with E-state index in [0.29, 0.717) is 0 Å². The number of aliphatic carboxylic acids is 1. The molecule has 0 bridgehead atoms. The molecule has 1 aromatic heterocycles. The summed E-state index contributed by atoms with van der Waals surface area (Å²) >= 11 is 1.74. The van der Waals surface area contributed by atoms with Gasteiger partial charge in [-0.3, -0.25) is 9.69 Å². The van der Waals surface area contributed by atoms with Crippen molar-refractivity contribution in [1.29, 1.82) is 0 Å². The highest BCUT2D eigenvalue weighted by Gasteiger charge is 2.50. The molecule has 3 heterocycles. The summed E-state index contributed by atoms with van der Waals surface area (Å²) in [6.07, 6.45) is -3.08. The number of carboxylic acid groups (broad SMARTS) is 1. The molecule has 10 heteroatoms. The van der Waals surface area contributed by atoms with E-state index < -0.39 is 12.1 Å². The zero-order chi connectivity index (χ0) is 21.7. The Morgan fingerprint density at radius 3 is 2.48 bits per heavy atom. The summed E-state index contributed by atoms with van der Waals surface area (Å²) in [5.74, 6) is -2.44. The lowest BCUT2D eigenvalue weighted by atomic mass is 9.71. The summed E-state index contributed by atoms with van der Waals surface area (Å²) in [7, 11) is 0. The van der Waals surface area contributed by atoms with E-state index in [2.05, 4.69) is 27.0 Å². The van der Waals surface area contributed by atoms with Gasteiger partial charge in [0.15, 0.2) is 0 Å². The first-order valence-corrected chi connectivity index (χ1v) is 10.4. The molecular formula is C19H27F3N2O4S. The Bertz CT molecular complexity index is 673. The van der Waals surface area contributed by atoms with Crippen molar-refractivity contribution in [3.05, 3.63) is 22.4 Å². The van der Waals surface area contributed by atoms with Gasteiger partial charge >= 0.3 is 12.1 Å². The minimum atomic E-state index is -5.08. The zero-order valence-electron chi connectivity index (χ0n) is 16.5. The average Bonchev–Trinajstić information content (AvgIpc) is 3.23. The summed E-state index contributed by atoms with van der Waals surface area (Å²) in [6, 6.07) is 2.39. The SMILES string of the molecule is CC(C)NC(=O)C1CN(Cc2ccsc2)CC12CCOCC2.O=C(O)C(F)(F)F. The monoisotopic (exact) mass is 436 g/mol. The number of hydrogen-bond donors (Lipinski definition) is 2. The Morgan fingerprint density at radius 2 is 2.00 bits per heavy atom. The van der Waals surface area contributed by atoms with Gasteiger partial charge in [-0.25, -0.2) is 4.79 Å². The lowest BCUT2D eigenvalue weighted by Crippen LogP contribution is -2.46. The summed E-state index contributed by atoms with van der Waals surface area (Å²) in [4.78, 5) is 24.1. The van der Waals surface area contributed by atoms with Crippen molar-refractivity contribution < 1.29 is 32.6 Å². The summed E-state index contributed by atoms with van der Waals surface area (Å²) in [6.45, 7) is 8.49. The number of rotatable bonds is 4. The number of likely N-dealkylation sites (tertiary alicyclic amines) is 1. The lowest BCUT2D eigenvalue weighted by molar-refractivity contribution is -0.192. The van der Waals surface area contributed by atoms with E-state index in [-0.39, 0.29) is 23.3 Å². The molecule has 1 unspecified atom stereocenters. The topological polar surface area (TPSA) is 78.9 Å². The maximum atomic E-state index is 12.7. The van der Waals surface area contributed by atoms with Crippen LogP contribution >= 0.6 is 11.3 Å². The lowest BCUT2D eigenvalue weighted by Gasteiger charge is -2.37. The number of carbonyl (C=O) groups is 2. The van der Waals surface area contributed by atoms with Crippen LogP contribution in [0.4, 0.5) is 13.2 Å². The highest BCUT2D eigenvalue weighted by molar-refractivity contribution is 7.07. The largest absolute Gasteiger partial charge is 0.490 e. The fourth-order valence-corrected chi connectivity index (χ4v) is 4.52. The maximum absolute atomic E-state index is 12.7. The van der Waals surface area contributed by atoms with Gasteiger partial charge in [0.25, 0.3) is 0 Å². The van der Waals surface area contributed by atoms with Gasteiger partial charge in [-0.2, -0.15) is 24.5 Å². The van der Waals surface area contributed by atoms with E-state index in [0.717, 1.165) is 45.7 Å². The van der Waals surface area contributed by atoms with E-state index in [4.69, 9.17) is 14.6 Å². The molecule has 0 aliphatic carbocycles. The second-order valence-corrected chi connectivity index (χ2v) is 8.57. The minimum absolute atomic E-state index is 0.0948. The van der Waals surface area contributed by atoms with Gasteiger partial charge in [-0.1, -0.05) is 0 Å². The second kappa shape index (κ2) is 9.90. The molecule has 2 saturated heterocycles. The number of alkyl halides is 3. The molecule has 1 amide bonds. The number of hydrogen-bond acceptors (Lipinski definition) is 5. The summed E-state index contributed by atoms with van der Waals surface area (Å²) in [5.41, 5.74) is 1.46. The number of carbonyl (C=O) groups excluding carboxylic acids is 1. The third kappa shape index (κ3) is 6.68. The van der Waals surface area contributed by atoms with E-state index in [1.165, 1.54) is 5.56 Å². The number of amides is 1. The molecule has 164 valence electrons. The molecule has 2 N–H and O–H groups in total. The number of ether oxygens (including phenoxy) is 1. The predicted molar refractivity (Wildman–Crippen MR) is 103 cm³/mol. The van der Waals surface area contributed by atoms with Crippen molar-refractivity contribution in [3.8, 4) is 0 Å². The Labute approximate surface area is 172 Å². The number of carboxylic acids is 1. The van der Waals surface area contributed by atoms with Gasteiger partial charge in [0.05, 0.1) is 5.92 Å². The third-order valence-corrected chi connectivity index (χ3v) is 5.92. The van der Waals surface area contributed by atoms with Crippen LogP contribution in [0.3, 0.4) is 0 Å². The van der Waals surface area contributed by atoms with Crippen molar-refractivity contribution in [2.75, 3.05) is 26.3 Å². The Kier molecular flexibility index (Phi) is 8.07. The van der Waals surface area contributed by atoms with Crippen molar-refractivity contribution in [1.82, 2.24) is 10.2 Å². The first-order valence-electron chi connectivity index (χ1n) is 9.45. The molecule has 2 aliphatic rings. The number of halogens is 3. The highest BCUT2D eigenvalue weighted by Crippen LogP contribution is 2.44. The van der Waals surface area contributed by atoms with Gasteiger partial charge < -0.3 is 15.2 Å². The molecule has 0 aromatic carbocycles. The molecule has 1 atom stereocenters. The predicted octanol–water partition coefficient (Wildman–Crippen LogP) is 3.13. The molecule has 2 aliphatic heterocycles. The van der Waals surface area contributed by atoms with Crippen LogP contribution in [0.1, 0.15) is 32.3 Å². The van der Waals surface area contributed by atoms with Gasteiger partial charge in [-0.05, 0) is 49.1 Å². The third-order valence-electron chi connectivity index (χ3n) is 5.18. The van der Waals surface area contributed by atoms with Gasteiger partial charge in [0.2, 0.25) is 5.91 Å². The smallest absolute Gasteiger partial charge is 0.475 e. The molecule has 0 radical (unpaired) electrons. The fourth-order valence-electron chi connectivity index (χ4n) is 3.86. The van der Waals surface area contributed by atoms with Crippen LogP contribution in [0, 0.1) is 11.3 Å². The van der Waals surface area contributed by atoms with Crippen molar-refractivity contribution in [3.63, 3.8) is 0 Å². The first-order chi connectivity index (χ1) is 13.5. The molecule has 0 saturated carbocycles. The molecular weight excluding hydrogens is 409 g/mol. The summed E-state index contributed by atoms with van der Waals surface area (Å²) < 4.78 is 37.3. The fraction of sp³-hybridized carbons (Fsp3) is 0.684. The molecule has 1 aromatic rings. The molecule has 1 spiro atoms. The van der Waals surface area contributed by atoms with Crippen LogP contribution in [-0.2, 0) is 20.9 Å². The second-order valence-electron chi connectivity index (χ2n) is 7.79. The van der Waals surface area contributed by atoms with E-state index in [9.17, 15) is 18.0 Å². The molecule has 6 nitrogen and oxygen atoms in total. The van der Waals surface area contributed by atoms with E-state index in [1.54, 1.807) is 11.3 Å². The number of thiophene rings is 1. The average molecular weight is 436 g/mol. The Morgan fingerprint density at radius 1 is 1.38 bits per heavy atom. The normalized spacial score (nSPS) is 21.7. The van der Waals surface area contributed by atoms with Crippen molar-refractivity contribution in [2.45, 2.75) is 45.5 Å². The van der Waals surface area contributed by atoms with Gasteiger partial charge in [0, 0.05) is 44.3 Å². The Balaban J connectivity index is 0.000000370. The number of nitrogens with one attached hydrogen (secondary N) is 1. The van der Waals surface area contributed by atoms with Crippen LogP contribution in [0.25, 0.3) is 0 Å². The highest BCUT2D eigenvalue weighted by atomic mass is 32.1. The minimum Gasteiger partial charge on any atom is -0.475 e. The van der Waals surface area contributed by atoms with Gasteiger partial charge in [-0.15, -0.1) is 0 Å². The maximum Gasteiger partial charge on any atom is 0.490 e. The number of nitrogens with zero attached hydrogens (tertiary/aromatic N) is 1. The van der Waals surface area contributed by atoms with Crippen LogP contribution in [0.5, 0.6) is 0 Å². The van der Waals surface area contributed by atoms with Crippen molar-refractivity contribution in [2.24, 2.45) is 11.3 Å². The van der Waals surface area contributed by atoms with E-state index in [1.807, 2.05) is 13.8 Å². The molecule has 29 heavy (non-hydrogen) atoms. The van der Waals surface area contributed by atoms with E-state index >= 15 is 0 Å². The van der Waals surface area contributed by atoms with Crippen LogP contribution in [0.15, 0.2) is 16.8 Å². The van der Waals surface area contributed by atoms with Gasteiger partial charge in [0.1, 0.15) is 0 Å². The quantitative estimate of drug-likeness (QED) is 0.758.